The van der Waals surface area contributed by atoms with E-state index in [1.54, 1.807) is 0 Å². The summed E-state index contributed by atoms with van der Waals surface area (Å²) in [6, 6.07) is -0.631. The molecule has 1 fully saturated rings. The molecule has 0 radical (unpaired) electrons. The van der Waals surface area contributed by atoms with Crippen molar-refractivity contribution >= 4 is 29.8 Å². The number of amides is 4. The zero-order chi connectivity index (χ0) is 13.1. The van der Waals surface area contributed by atoms with Crippen molar-refractivity contribution in [3.8, 4) is 0 Å². The molecule has 1 rings (SSSR count). The van der Waals surface area contributed by atoms with Crippen LogP contribution in [0.25, 0.3) is 0 Å². The fraction of sp³-hybridized carbons (Fsp3) is 0.727. The molecule has 5 nitrogen and oxygen atoms in total. The first-order valence-corrected chi connectivity index (χ1v) is 6.53. The van der Waals surface area contributed by atoms with Gasteiger partial charge in [-0.05, 0) is 32.2 Å². The number of hydrogen-bond donors (Lipinski definition) is 1. The summed E-state index contributed by atoms with van der Waals surface area (Å²) in [4.78, 5) is 33.8. The Balaban J connectivity index is 2.55. The van der Waals surface area contributed by atoms with E-state index in [9.17, 15) is 14.4 Å². The number of urea groups is 1. The Bertz CT molecular complexity index is 342. The zero-order valence-corrected chi connectivity index (χ0v) is 11.2. The average Bonchev–Trinajstić information content (AvgIpc) is 2.45. The third-order valence-corrected chi connectivity index (χ3v) is 3.72. The van der Waals surface area contributed by atoms with E-state index in [4.69, 9.17) is 0 Å². The monoisotopic (exact) mass is 258 g/mol. The molecule has 0 bridgehead atoms. The molecule has 0 saturated carbocycles. The van der Waals surface area contributed by atoms with Gasteiger partial charge in [-0.15, -0.1) is 0 Å². The summed E-state index contributed by atoms with van der Waals surface area (Å²) in [6.07, 6.45) is 4.20. The molecule has 0 atom stereocenters. The molecule has 96 valence electrons. The highest BCUT2D eigenvalue weighted by Gasteiger charge is 2.40. The van der Waals surface area contributed by atoms with Gasteiger partial charge in [-0.1, -0.05) is 26.2 Å². The quantitative estimate of drug-likeness (QED) is 0.343. The summed E-state index contributed by atoms with van der Waals surface area (Å²) in [6.45, 7) is 6.06. The Morgan fingerprint density at radius 1 is 1.24 bits per heavy atom. The molecule has 4 amide bonds. The predicted octanol–water partition coefficient (Wildman–Crippen LogP) is 2.07. The third-order valence-electron chi connectivity index (χ3n) is 2.50. The van der Waals surface area contributed by atoms with E-state index in [2.05, 4.69) is 6.92 Å². The fourth-order valence-electron chi connectivity index (χ4n) is 1.56. The lowest BCUT2D eigenvalue weighted by Crippen LogP contribution is -2.30. The second-order valence-electron chi connectivity index (χ2n) is 4.67. The molecule has 0 aliphatic carbocycles. The molecule has 0 aromatic heterocycles. The van der Waals surface area contributed by atoms with Gasteiger partial charge in [0, 0.05) is 4.75 Å². The standard InChI is InChI=1S/C11H18N2O3S/c1-4-5-6-7-11(2,3)17-13-9(15)8(14)12-10(13)16/h4-7H2,1-3H3,(H,12,14,16). The lowest BCUT2D eigenvalue weighted by molar-refractivity contribution is -0.138. The Kier molecular flexibility index (Phi) is 4.56. The minimum absolute atomic E-state index is 0.229. The van der Waals surface area contributed by atoms with Crippen molar-refractivity contribution in [1.29, 1.82) is 0 Å². The highest BCUT2D eigenvalue weighted by molar-refractivity contribution is 7.99. The molecule has 0 aromatic carbocycles. The summed E-state index contributed by atoms with van der Waals surface area (Å²) >= 11 is 1.13. The van der Waals surface area contributed by atoms with Gasteiger partial charge in [-0.3, -0.25) is 14.9 Å². The number of carbonyl (C=O) groups excluding carboxylic acids is 3. The summed E-state index contributed by atoms with van der Waals surface area (Å²) in [5, 5.41) is 1.98. The van der Waals surface area contributed by atoms with Crippen LogP contribution in [-0.4, -0.2) is 26.9 Å². The highest BCUT2D eigenvalue weighted by Crippen LogP contribution is 2.34. The Labute approximate surface area is 105 Å². The minimum Gasteiger partial charge on any atom is -0.268 e. The number of imide groups is 2. The van der Waals surface area contributed by atoms with Crippen LogP contribution in [0.15, 0.2) is 0 Å². The van der Waals surface area contributed by atoms with Crippen molar-refractivity contribution in [2.45, 2.75) is 51.2 Å². The first-order valence-electron chi connectivity index (χ1n) is 5.76. The second kappa shape index (κ2) is 5.53. The number of carbonyl (C=O) groups is 3. The van der Waals surface area contributed by atoms with E-state index in [-0.39, 0.29) is 4.75 Å². The smallest absolute Gasteiger partial charge is 0.268 e. The van der Waals surface area contributed by atoms with Crippen molar-refractivity contribution in [3.63, 3.8) is 0 Å². The van der Waals surface area contributed by atoms with E-state index in [1.165, 1.54) is 0 Å². The molecule has 1 saturated heterocycles. The Hall–Kier alpha value is -1.04. The molecule has 17 heavy (non-hydrogen) atoms. The maximum absolute atomic E-state index is 11.4. The minimum atomic E-state index is -0.841. The zero-order valence-electron chi connectivity index (χ0n) is 10.4. The van der Waals surface area contributed by atoms with Crippen LogP contribution in [0.2, 0.25) is 0 Å². The number of hydrogen-bond acceptors (Lipinski definition) is 4. The van der Waals surface area contributed by atoms with Crippen LogP contribution < -0.4 is 5.32 Å². The van der Waals surface area contributed by atoms with Crippen LogP contribution in [-0.2, 0) is 9.59 Å². The Morgan fingerprint density at radius 2 is 1.88 bits per heavy atom. The fourth-order valence-corrected chi connectivity index (χ4v) is 2.59. The maximum atomic E-state index is 11.4. The van der Waals surface area contributed by atoms with Crippen LogP contribution in [0.3, 0.4) is 0 Å². The highest BCUT2D eigenvalue weighted by atomic mass is 32.2. The second-order valence-corrected chi connectivity index (χ2v) is 6.32. The topological polar surface area (TPSA) is 66.5 Å². The van der Waals surface area contributed by atoms with Gasteiger partial charge >= 0.3 is 17.8 Å². The van der Waals surface area contributed by atoms with Gasteiger partial charge in [0.2, 0.25) is 0 Å². The first kappa shape index (κ1) is 14.0. The van der Waals surface area contributed by atoms with Crippen LogP contribution in [0.4, 0.5) is 4.79 Å². The van der Waals surface area contributed by atoms with Gasteiger partial charge in [0.15, 0.2) is 0 Å². The number of nitrogens with zero attached hydrogens (tertiary/aromatic N) is 1. The van der Waals surface area contributed by atoms with Gasteiger partial charge < -0.3 is 0 Å². The molecular weight excluding hydrogens is 240 g/mol. The maximum Gasteiger partial charge on any atom is 0.341 e. The number of nitrogens with one attached hydrogen (secondary N) is 1. The summed E-state index contributed by atoms with van der Waals surface area (Å²) in [5.41, 5.74) is 0. The van der Waals surface area contributed by atoms with Gasteiger partial charge in [0.05, 0.1) is 0 Å². The molecule has 1 heterocycles. The predicted molar refractivity (Wildman–Crippen MR) is 66.2 cm³/mol. The SMILES string of the molecule is CCCCCC(C)(C)SN1C(=O)NC(=O)C1=O. The average molecular weight is 258 g/mol. The van der Waals surface area contributed by atoms with Crippen molar-refractivity contribution in [1.82, 2.24) is 9.62 Å². The summed E-state index contributed by atoms with van der Waals surface area (Å²) < 4.78 is 0.696. The lowest BCUT2D eigenvalue weighted by Gasteiger charge is -2.26. The van der Waals surface area contributed by atoms with E-state index in [0.29, 0.717) is 0 Å². The van der Waals surface area contributed by atoms with Gasteiger partial charge in [-0.25, -0.2) is 4.79 Å². The van der Waals surface area contributed by atoms with Crippen molar-refractivity contribution in [2.24, 2.45) is 0 Å². The molecular formula is C11H18N2O3S. The molecule has 1 N–H and O–H groups in total. The molecule has 0 spiro atoms. The van der Waals surface area contributed by atoms with Crippen molar-refractivity contribution < 1.29 is 14.4 Å². The normalized spacial score (nSPS) is 16.6. The van der Waals surface area contributed by atoms with Gasteiger partial charge in [0.1, 0.15) is 0 Å². The third kappa shape index (κ3) is 3.73. The molecule has 6 heteroatoms. The molecule has 0 unspecified atom stereocenters. The summed E-state index contributed by atoms with van der Waals surface area (Å²) in [7, 11) is 0. The molecule has 1 aliphatic rings. The molecule has 1 aliphatic heterocycles. The van der Waals surface area contributed by atoms with Gasteiger partial charge in [-0.2, -0.15) is 4.31 Å². The van der Waals surface area contributed by atoms with Crippen molar-refractivity contribution in [2.75, 3.05) is 0 Å². The van der Waals surface area contributed by atoms with Gasteiger partial charge in [0.25, 0.3) is 0 Å². The van der Waals surface area contributed by atoms with Crippen LogP contribution in [0.5, 0.6) is 0 Å². The van der Waals surface area contributed by atoms with E-state index >= 15 is 0 Å². The van der Waals surface area contributed by atoms with Crippen LogP contribution in [0.1, 0.15) is 46.5 Å². The largest absolute Gasteiger partial charge is 0.341 e. The molecule has 0 aromatic rings. The van der Waals surface area contributed by atoms with E-state index in [0.717, 1.165) is 41.9 Å². The number of rotatable bonds is 6. The Morgan fingerprint density at radius 3 is 2.35 bits per heavy atom. The van der Waals surface area contributed by atoms with Crippen molar-refractivity contribution in [3.05, 3.63) is 0 Å². The van der Waals surface area contributed by atoms with E-state index < -0.39 is 17.8 Å². The lowest BCUT2D eigenvalue weighted by atomic mass is 10.0. The van der Waals surface area contributed by atoms with E-state index in [1.807, 2.05) is 19.2 Å². The number of unbranched alkanes of at least 4 members (excludes halogenated alkanes) is 2. The summed E-state index contributed by atoms with van der Waals surface area (Å²) in [5.74, 6) is -1.62. The van der Waals surface area contributed by atoms with Crippen LogP contribution >= 0.6 is 11.9 Å². The van der Waals surface area contributed by atoms with Crippen LogP contribution in [0, 0.1) is 0 Å². The first-order chi connectivity index (χ1) is 7.87.